The van der Waals surface area contributed by atoms with Crippen LogP contribution in [0.4, 0.5) is 5.69 Å². The SMILES string of the molecule is COc1cc(NS(=O)(=O)CC(C)C)ccc1-c1cncc2ccccc12. The summed E-state index contributed by atoms with van der Waals surface area (Å²) in [7, 11) is -1.82. The van der Waals surface area contributed by atoms with Gasteiger partial charge in [-0.25, -0.2) is 8.42 Å². The zero-order chi connectivity index (χ0) is 18.7. The van der Waals surface area contributed by atoms with Gasteiger partial charge in [0.05, 0.1) is 18.6 Å². The largest absolute Gasteiger partial charge is 0.496 e. The minimum absolute atomic E-state index is 0.0513. The third-order valence-corrected chi connectivity index (χ3v) is 5.64. The molecule has 0 spiro atoms. The van der Waals surface area contributed by atoms with Crippen LogP contribution in [-0.2, 0) is 10.0 Å². The van der Waals surface area contributed by atoms with Crippen molar-refractivity contribution < 1.29 is 13.2 Å². The summed E-state index contributed by atoms with van der Waals surface area (Å²) in [5.74, 6) is 0.716. The lowest BCUT2D eigenvalue weighted by Crippen LogP contribution is -2.20. The van der Waals surface area contributed by atoms with Gasteiger partial charge in [-0.3, -0.25) is 9.71 Å². The van der Waals surface area contributed by atoms with Crippen molar-refractivity contribution in [2.75, 3.05) is 17.6 Å². The molecular formula is C20H22N2O3S. The second-order valence-electron chi connectivity index (χ2n) is 6.60. The second kappa shape index (κ2) is 7.33. The van der Waals surface area contributed by atoms with Crippen LogP contribution in [-0.4, -0.2) is 26.3 Å². The van der Waals surface area contributed by atoms with Gasteiger partial charge in [-0.05, 0) is 23.4 Å². The van der Waals surface area contributed by atoms with E-state index in [0.717, 1.165) is 21.9 Å². The number of fused-ring (bicyclic) bond motifs is 1. The Morgan fingerprint density at radius 1 is 1.08 bits per heavy atom. The molecule has 5 nitrogen and oxygen atoms in total. The Hall–Kier alpha value is -2.60. The quantitative estimate of drug-likeness (QED) is 0.702. The van der Waals surface area contributed by atoms with E-state index in [4.69, 9.17) is 4.74 Å². The molecule has 0 saturated heterocycles. The molecule has 0 unspecified atom stereocenters. The molecule has 1 N–H and O–H groups in total. The Morgan fingerprint density at radius 3 is 2.58 bits per heavy atom. The summed E-state index contributed by atoms with van der Waals surface area (Å²) in [6, 6.07) is 13.3. The van der Waals surface area contributed by atoms with Crippen LogP contribution < -0.4 is 9.46 Å². The summed E-state index contributed by atoms with van der Waals surface area (Å²) >= 11 is 0. The molecule has 1 heterocycles. The molecule has 0 bridgehead atoms. The molecule has 6 heteroatoms. The van der Waals surface area contributed by atoms with E-state index < -0.39 is 10.0 Å². The van der Waals surface area contributed by atoms with Gasteiger partial charge in [0.1, 0.15) is 5.75 Å². The normalized spacial score (nSPS) is 11.7. The molecule has 3 rings (SSSR count). The molecule has 3 aromatic rings. The number of methoxy groups -OCH3 is 1. The number of rotatable bonds is 6. The van der Waals surface area contributed by atoms with Crippen molar-refractivity contribution in [3.63, 3.8) is 0 Å². The molecule has 0 aliphatic heterocycles. The molecule has 0 aliphatic carbocycles. The van der Waals surface area contributed by atoms with Crippen molar-refractivity contribution in [1.29, 1.82) is 0 Å². The summed E-state index contributed by atoms with van der Waals surface area (Å²) in [5.41, 5.74) is 2.29. The van der Waals surface area contributed by atoms with Crippen LogP contribution >= 0.6 is 0 Å². The molecule has 0 amide bonds. The fourth-order valence-electron chi connectivity index (χ4n) is 2.97. The zero-order valence-corrected chi connectivity index (χ0v) is 15.9. The van der Waals surface area contributed by atoms with E-state index in [1.54, 1.807) is 25.4 Å². The Balaban J connectivity index is 2.02. The smallest absolute Gasteiger partial charge is 0.232 e. The van der Waals surface area contributed by atoms with Gasteiger partial charge in [0.2, 0.25) is 10.0 Å². The van der Waals surface area contributed by atoms with Gasteiger partial charge in [0.15, 0.2) is 0 Å². The Bertz CT molecular complexity index is 1020. The summed E-state index contributed by atoms with van der Waals surface area (Å²) < 4.78 is 32.5. The lowest BCUT2D eigenvalue weighted by Gasteiger charge is -2.14. The van der Waals surface area contributed by atoms with Crippen LogP contribution in [0.2, 0.25) is 0 Å². The maximum atomic E-state index is 12.2. The number of benzene rings is 2. The first kappa shape index (κ1) is 18.2. The van der Waals surface area contributed by atoms with Crippen LogP contribution in [0.15, 0.2) is 54.9 Å². The predicted octanol–water partition coefficient (Wildman–Crippen LogP) is 4.31. The van der Waals surface area contributed by atoms with Gasteiger partial charge >= 0.3 is 0 Å². The van der Waals surface area contributed by atoms with Gasteiger partial charge in [-0.15, -0.1) is 0 Å². The average Bonchev–Trinajstić information content (AvgIpc) is 2.59. The van der Waals surface area contributed by atoms with Gasteiger partial charge in [-0.1, -0.05) is 38.1 Å². The molecule has 136 valence electrons. The number of hydrogen-bond donors (Lipinski definition) is 1. The molecule has 0 fully saturated rings. The summed E-state index contributed by atoms with van der Waals surface area (Å²) in [6.07, 6.45) is 3.61. The van der Waals surface area contributed by atoms with Gasteiger partial charge in [0.25, 0.3) is 0 Å². The molecule has 0 atom stereocenters. The minimum Gasteiger partial charge on any atom is -0.496 e. The lowest BCUT2D eigenvalue weighted by atomic mass is 10.00. The highest BCUT2D eigenvalue weighted by Crippen LogP contribution is 2.36. The Morgan fingerprint density at radius 2 is 1.85 bits per heavy atom. The number of sulfonamides is 1. The average molecular weight is 370 g/mol. The topological polar surface area (TPSA) is 68.3 Å². The third-order valence-electron chi connectivity index (χ3n) is 3.99. The monoisotopic (exact) mass is 370 g/mol. The van der Waals surface area contributed by atoms with Gasteiger partial charge in [0, 0.05) is 35.0 Å². The van der Waals surface area contributed by atoms with Crippen molar-refractivity contribution in [2.24, 2.45) is 5.92 Å². The van der Waals surface area contributed by atoms with Crippen LogP contribution in [0.5, 0.6) is 5.75 Å². The van der Waals surface area contributed by atoms with Crippen molar-refractivity contribution in [1.82, 2.24) is 4.98 Å². The number of aromatic nitrogens is 1. The predicted molar refractivity (Wildman–Crippen MR) is 106 cm³/mol. The Kier molecular flexibility index (Phi) is 5.13. The maximum absolute atomic E-state index is 12.2. The van der Waals surface area contributed by atoms with Crippen molar-refractivity contribution in [3.8, 4) is 16.9 Å². The van der Waals surface area contributed by atoms with E-state index in [2.05, 4.69) is 9.71 Å². The Labute approximate surface area is 154 Å². The highest BCUT2D eigenvalue weighted by Gasteiger charge is 2.15. The van der Waals surface area contributed by atoms with Crippen LogP contribution in [0, 0.1) is 5.92 Å². The summed E-state index contributed by atoms with van der Waals surface area (Å²) in [5, 5.41) is 2.10. The fraction of sp³-hybridized carbons (Fsp3) is 0.250. The van der Waals surface area contributed by atoms with Gasteiger partial charge in [-0.2, -0.15) is 0 Å². The molecule has 0 aliphatic rings. The van der Waals surface area contributed by atoms with E-state index in [9.17, 15) is 8.42 Å². The number of nitrogens with zero attached hydrogens (tertiary/aromatic N) is 1. The molecule has 0 radical (unpaired) electrons. The highest BCUT2D eigenvalue weighted by molar-refractivity contribution is 7.92. The first-order chi connectivity index (χ1) is 12.4. The minimum atomic E-state index is -3.39. The molecule has 2 aromatic carbocycles. The molecular weight excluding hydrogens is 348 g/mol. The number of pyridine rings is 1. The molecule has 1 aromatic heterocycles. The third kappa shape index (κ3) is 3.96. The van der Waals surface area contributed by atoms with Crippen molar-refractivity contribution in [3.05, 3.63) is 54.9 Å². The van der Waals surface area contributed by atoms with Crippen molar-refractivity contribution >= 4 is 26.5 Å². The standard InChI is InChI=1S/C20H22N2O3S/c1-14(2)13-26(23,24)22-16-8-9-18(20(10-16)25-3)19-12-21-11-15-6-4-5-7-17(15)19/h4-12,14,22H,13H2,1-3H3. The van der Waals surface area contributed by atoms with E-state index in [-0.39, 0.29) is 11.7 Å². The van der Waals surface area contributed by atoms with E-state index in [1.165, 1.54) is 0 Å². The van der Waals surface area contributed by atoms with E-state index in [0.29, 0.717) is 11.4 Å². The van der Waals surface area contributed by atoms with Gasteiger partial charge < -0.3 is 4.74 Å². The number of nitrogens with one attached hydrogen (secondary N) is 1. The lowest BCUT2D eigenvalue weighted by molar-refractivity contribution is 0.416. The zero-order valence-electron chi connectivity index (χ0n) is 15.1. The first-order valence-corrected chi connectivity index (χ1v) is 10.1. The summed E-state index contributed by atoms with van der Waals surface area (Å²) in [4.78, 5) is 4.31. The second-order valence-corrected chi connectivity index (χ2v) is 8.37. The fourth-order valence-corrected chi connectivity index (χ4v) is 4.42. The first-order valence-electron chi connectivity index (χ1n) is 8.41. The summed E-state index contributed by atoms with van der Waals surface area (Å²) in [6.45, 7) is 3.74. The maximum Gasteiger partial charge on any atom is 0.232 e. The molecule has 26 heavy (non-hydrogen) atoms. The number of anilines is 1. The van der Waals surface area contributed by atoms with Crippen LogP contribution in [0.25, 0.3) is 21.9 Å². The number of ether oxygens (including phenoxy) is 1. The van der Waals surface area contributed by atoms with Crippen LogP contribution in [0.3, 0.4) is 0 Å². The highest BCUT2D eigenvalue weighted by atomic mass is 32.2. The van der Waals surface area contributed by atoms with E-state index >= 15 is 0 Å². The molecule has 0 saturated carbocycles. The number of hydrogen-bond acceptors (Lipinski definition) is 4. The van der Waals surface area contributed by atoms with Crippen LogP contribution in [0.1, 0.15) is 13.8 Å². The van der Waals surface area contributed by atoms with E-state index in [1.807, 2.05) is 50.4 Å². The van der Waals surface area contributed by atoms with Crippen molar-refractivity contribution in [2.45, 2.75) is 13.8 Å².